The first-order chi connectivity index (χ1) is 13.8. The van der Waals surface area contributed by atoms with E-state index in [2.05, 4.69) is 10.4 Å². The molecule has 1 N–H and O–H groups in total. The summed E-state index contributed by atoms with van der Waals surface area (Å²) in [5, 5.41) is 7.20. The molecule has 9 nitrogen and oxygen atoms in total. The lowest BCUT2D eigenvalue weighted by molar-refractivity contribution is -0.130. The van der Waals surface area contributed by atoms with Crippen LogP contribution in [-0.2, 0) is 9.53 Å². The topological polar surface area (TPSA) is 107 Å². The van der Waals surface area contributed by atoms with Crippen LogP contribution in [-0.4, -0.2) is 64.8 Å². The molecule has 1 aliphatic rings. The minimum atomic E-state index is -0.738. The molecule has 29 heavy (non-hydrogen) atoms. The first kappa shape index (κ1) is 20.9. The number of benzene rings is 1. The number of hydrogen-bond donors (Lipinski definition) is 1. The highest BCUT2D eigenvalue weighted by atomic mass is 16.5. The molecule has 2 aromatic rings. The predicted molar refractivity (Wildman–Crippen MR) is 105 cm³/mol. The number of carbonyl (C=O) groups excluding carboxylic acids is 2. The number of ketones is 1. The second-order valence-electron chi connectivity index (χ2n) is 7.70. The molecule has 0 unspecified atom stereocenters. The Hall–Kier alpha value is -2.78. The Kier molecular flexibility index (Phi) is 6.29. The maximum atomic E-state index is 12.9. The largest absolute Gasteiger partial charge is 0.442 e. The van der Waals surface area contributed by atoms with Gasteiger partial charge in [0.2, 0.25) is 11.7 Å². The molecule has 0 saturated carbocycles. The van der Waals surface area contributed by atoms with Gasteiger partial charge in [-0.1, -0.05) is 18.2 Å². The number of amides is 1. The summed E-state index contributed by atoms with van der Waals surface area (Å²) >= 11 is 0. The van der Waals surface area contributed by atoms with E-state index in [9.17, 15) is 14.4 Å². The summed E-state index contributed by atoms with van der Waals surface area (Å²) < 4.78 is 11.3. The fourth-order valence-corrected chi connectivity index (χ4v) is 3.42. The number of para-hydroxylation sites is 1. The Morgan fingerprint density at radius 1 is 1.31 bits per heavy atom. The average molecular weight is 402 g/mol. The van der Waals surface area contributed by atoms with E-state index >= 15 is 0 Å². The van der Waals surface area contributed by atoms with Gasteiger partial charge in [-0.15, -0.1) is 5.10 Å². The number of ether oxygens (including phenoxy) is 1. The summed E-state index contributed by atoms with van der Waals surface area (Å²) in [5.41, 5.74) is 0.134. The average Bonchev–Trinajstić information content (AvgIpc) is 3.33. The van der Waals surface area contributed by atoms with Crippen LogP contribution in [0.5, 0.6) is 0 Å². The van der Waals surface area contributed by atoms with Crippen molar-refractivity contribution in [2.45, 2.75) is 38.3 Å². The normalized spacial score (nSPS) is 16.9. The van der Waals surface area contributed by atoms with Gasteiger partial charge in [0, 0.05) is 19.2 Å². The Balaban J connectivity index is 1.72. The van der Waals surface area contributed by atoms with Crippen LogP contribution in [0.2, 0.25) is 0 Å². The molecule has 0 spiro atoms. The minimum absolute atomic E-state index is 0.0859. The summed E-state index contributed by atoms with van der Waals surface area (Å²) in [6.07, 6.45) is 1.21. The van der Waals surface area contributed by atoms with Crippen LogP contribution in [0, 0.1) is 0 Å². The molecule has 0 radical (unpaired) electrons. The lowest BCUT2D eigenvalue weighted by Crippen LogP contribution is -2.50. The van der Waals surface area contributed by atoms with Gasteiger partial charge >= 0.3 is 5.76 Å². The van der Waals surface area contributed by atoms with Crippen LogP contribution < -0.4 is 11.1 Å². The number of Topliss-reactive ketones (excluding diaryl/α,β-unsaturated/α-hetero) is 1. The quantitative estimate of drug-likeness (QED) is 0.657. The summed E-state index contributed by atoms with van der Waals surface area (Å²) in [4.78, 5) is 39.3. The monoisotopic (exact) mass is 402 g/mol. The first-order valence-corrected chi connectivity index (χ1v) is 9.55. The zero-order chi connectivity index (χ0) is 21.0. The first-order valence-electron chi connectivity index (χ1n) is 9.55. The molecule has 0 bridgehead atoms. The molecule has 1 aliphatic heterocycles. The lowest BCUT2D eigenvalue weighted by atomic mass is 10.1. The van der Waals surface area contributed by atoms with Gasteiger partial charge in [0.15, 0.2) is 0 Å². The molecule has 9 heteroatoms. The lowest BCUT2D eigenvalue weighted by Gasteiger charge is -2.28. The Bertz CT molecular complexity index is 918. The Labute approximate surface area is 168 Å². The second-order valence-corrected chi connectivity index (χ2v) is 7.70. The SMILES string of the molecule is COCC(C)(C)NCC(=O)N1CCC[C@H]1C(=O)c1nn(-c2ccccc2)c(=O)o1. The van der Waals surface area contributed by atoms with Crippen LogP contribution in [0.25, 0.3) is 5.69 Å². The van der Waals surface area contributed by atoms with Crippen molar-refractivity contribution in [2.75, 3.05) is 26.8 Å². The van der Waals surface area contributed by atoms with Gasteiger partial charge in [-0.2, -0.15) is 4.68 Å². The summed E-state index contributed by atoms with van der Waals surface area (Å²) in [7, 11) is 1.60. The number of hydrogen-bond acceptors (Lipinski definition) is 7. The fraction of sp³-hybridized carbons (Fsp3) is 0.500. The van der Waals surface area contributed by atoms with E-state index in [1.807, 2.05) is 19.9 Å². The van der Waals surface area contributed by atoms with Crippen LogP contribution in [0.15, 0.2) is 39.5 Å². The molecule has 1 fully saturated rings. The number of nitrogens with zero attached hydrogens (tertiary/aromatic N) is 3. The molecule has 1 saturated heterocycles. The van der Waals surface area contributed by atoms with E-state index in [0.29, 0.717) is 31.7 Å². The van der Waals surface area contributed by atoms with Gasteiger partial charge < -0.3 is 19.4 Å². The summed E-state index contributed by atoms with van der Waals surface area (Å²) in [5.74, 6) is -1.66. The van der Waals surface area contributed by atoms with Crippen LogP contribution in [0.1, 0.15) is 37.4 Å². The van der Waals surface area contributed by atoms with Crippen molar-refractivity contribution < 1.29 is 18.7 Å². The van der Waals surface area contributed by atoms with Gasteiger partial charge in [0.25, 0.3) is 5.89 Å². The molecule has 0 aliphatic carbocycles. The van der Waals surface area contributed by atoms with Crippen molar-refractivity contribution in [1.29, 1.82) is 0 Å². The van der Waals surface area contributed by atoms with E-state index in [-0.39, 0.29) is 23.9 Å². The number of likely N-dealkylation sites (tertiary alicyclic amines) is 1. The van der Waals surface area contributed by atoms with Crippen molar-refractivity contribution in [3.05, 3.63) is 46.8 Å². The maximum absolute atomic E-state index is 12.9. The van der Waals surface area contributed by atoms with Gasteiger partial charge in [0.1, 0.15) is 6.04 Å². The van der Waals surface area contributed by atoms with Crippen molar-refractivity contribution >= 4 is 11.7 Å². The maximum Gasteiger partial charge on any atom is 0.442 e. The summed E-state index contributed by atoms with van der Waals surface area (Å²) in [6.45, 7) is 4.88. The van der Waals surface area contributed by atoms with Crippen molar-refractivity contribution in [3.8, 4) is 5.69 Å². The molecule has 2 heterocycles. The van der Waals surface area contributed by atoms with Crippen LogP contribution >= 0.6 is 0 Å². The van der Waals surface area contributed by atoms with E-state index in [1.165, 1.54) is 4.90 Å². The van der Waals surface area contributed by atoms with Gasteiger partial charge in [-0.25, -0.2) is 4.79 Å². The third-order valence-electron chi connectivity index (χ3n) is 4.86. The van der Waals surface area contributed by atoms with E-state index < -0.39 is 17.6 Å². The predicted octanol–water partition coefficient (Wildman–Crippen LogP) is 1.01. The number of aromatic nitrogens is 2. The van der Waals surface area contributed by atoms with Gasteiger partial charge in [0.05, 0.1) is 18.8 Å². The van der Waals surface area contributed by atoms with E-state index in [0.717, 1.165) is 4.68 Å². The number of methoxy groups -OCH3 is 1. The van der Waals surface area contributed by atoms with Gasteiger partial charge in [-0.3, -0.25) is 9.59 Å². The number of carbonyl (C=O) groups is 2. The van der Waals surface area contributed by atoms with Crippen molar-refractivity contribution in [2.24, 2.45) is 0 Å². The Morgan fingerprint density at radius 2 is 2.03 bits per heavy atom. The number of nitrogens with one attached hydrogen (secondary N) is 1. The third kappa shape index (κ3) is 4.80. The third-order valence-corrected chi connectivity index (χ3v) is 4.86. The highest BCUT2D eigenvalue weighted by molar-refractivity contribution is 5.98. The molecule has 1 amide bonds. The standard InChI is InChI=1S/C20H26N4O5/c1-20(2,13-28-3)21-12-16(25)23-11-7-10-15(23)17(26)18-22-24(19(27)29-18)14-8-5-4-6-9-14/h4-6,8-9,15,21H,7,10-13H2,1-3H3/t15-/m0/s1. The molecular formula is C20H26N4O5. The molecule has 1 aromatic heterocycles. The molecule has 1 aromatic carbocycles. The van der Waals surface area contributed by atoms with Crippen molar-refractivity contribution in [1.82, 2.24) is 20.0 Å². The fourth-order valence-electron chi connectivity index (χ4n) is 3.42. The van der Waals surface area contributed by atoms with Gasteiger partial charge in [-0.05, 0) is 38.8 Å². The highest BCUT2D eigenvalue weighted by Crippen LogP contribution is 2.21. The highest BCUT2D eigenvalue weighted by Gasteiger charge is 2.37. The number of rotatable bonds is 8. The van der Waals surface area contributed by atoms with E-state index in [4.69, 9.17) is 9.15 Å². The van der Waals surface area contributed by atoms with Crippen LogP contribution in [0.4, 0.5) is 0 Å². The smallest absolute Gasteiger partial charge is 0.384 e. The Morgan fingerprint density at radius 3 is 2.72 bits per heavy atom. The molecule has 1 atom stereocenters. The molecule has 3 rings (SSSR count). The second kappa shape index (κ2) is 8.71. The van der Waals surface area contributed by atoms with Crippen molar-refractivity contribution in [3.63, 3.8) is 0 Å². The summed E-state index contributed by atoms with van der Waals surface area (Å²) in [6, 6.07) is 8.02. The van der Waals surface area contributed by atoms with E-state index in [1.54, 1.807) is 31.4 Å². The minimum Gasteiger partial charge on any atom is -0.384 e. The molecule has 156 valence electrons. The molecular weight excluding hydrogens is 376 g/mol. The zero-order valence-corrected chi connectivity index (χ0v) is 16.9. The van der Waals surface area contributed by atoms with Crippen LogP contribution in [0.3, 0.4) is 0 Å². The zero-order valence-electron chi connectivity index (χ0n) is 16.9.